The Morgan fingerprint density at radius 1 is 1.27 bits per heavy atom. The third-order valence-corrected chi connectivity index (χ3v) is 6.51. The minimum absolute atomic E-state index is 0.133. The van der Waals surface area contributed by atoms with Crippen LogP contribution in [0.3, 0.4) is 0 Å². The summed E-state index contributed by atoms with van der Waals surface area (Å²) in [6.07, 6.45) is 4.19. The number of piperidine rings is 1. The lowest BCUT2D eigenvalue weighted by atomic mass is 9.99. The SMILES string of the molecule is O=C(NCc1ccc(Cl)cc1)C1CCCN(S(=O)(=O)c2cccnc2)C1. The number of sulfonamides is 1. The Morgan fingerprint density at radius 3 is 2.73 bits per heavy atom. The van der Waals surface area contributed by atoms with E-state index in [1.165, 1.54) is 22.8 Å². The average Bonchev–Trinajstić information content (AvgIpc) is 2.68. The van der Waals surface area contributed by atoms with Crippen LogP contribution in [0.15, 0.2) is 53.7 Å². The number of amides is 1. The summed E-state index contributed by atoms with van der Waals surface area (Å²) in [4.78, 5) is 16.5. The standard InChI is InChI=1S/C18H20ClN3O3S/c19-16-7-5-14(6-8-16)11-21-18(23)15-3-2-10-22(13-15)26(24,25)17-4-1-9-20-12-17/h1,4-9,12,15H,2-3,10-11,13H2,(H,21,23). The Labute approximate surface area is 158 Å². The van der Waals surface area contributed by atoms with Gasteiger partial charge in [-0.3, -0.25) is 9.78 Å². The van der Waals surface area contributed by atoms with E-state index < -0.39 is 10.0 Å². The second-order valence-electron chi connectivity index (χ2n) is 6.24. The predicted octanol–water partition coefficient (Wildman–Crippen LogP) is 2.45. The van der Waals surface area contributed by atoms with Gasteiger partial charge in [-0.2, -0.15) is 4.31 Å². The summed E-state index contributed by atoms with van der Waals surface area (Å²) in [6.45, 7) is 0.990. The quantitative estimate of drug-likeness (QED) is 0.846. The maximum Gasteiger partial charge on any atom is 0.244 e. The fourth-order valence-corrected chi connectivity index (χ4v) is 4.57. The van der Waals surface area contributed by atoms with E-state index in [4.69, 9.17) is 11.6 Å². The number of nitrogens with one attached hydrogen (secondary N) is 1. The average molecular weight is 394 g/mol. The van der Waals surface area contributed by atoms with Gasteiger partial charge in [-0.1, -0.05) is 23.7 Å². The molecule has 0 aliphatic carbocycles. The van der Waals surface area contributed by atoms with Gasteiger partial charge in [0.15, 0.2) is 0 Å². The van der Waals surface area contributed by atoms with Crippen molar-refractivity contribution in [1.29, 1.82) is 0 Å². The highest BCUT2D eigenvalue weighted by atomic mass is 35.5. The molecular formula is C18H20ClN3O3S. The van der Waals surface area contributed by atoms with Gasteiger partial charge in [-0.05, 0) is 42.7 Å². The smallest absolute Gasteiger partial charge is 0.244 e. The van der Waals surface area contributed by atoms with Gasteiger partial charge in [0, 0.05) is 37.1 Å². The molecule has 0 saturated carbocycles. The summed E-state index contributed by atoms with van der Waals surface area (Å²) in [5.74, 6) is -0.492. The van der Waals surface area contributed by atoms with Crippen LogP contribution >= 0.6 is 11.6 Å². The topological polar surface area (TPSA) is 79.4 Å². The Morgan fingerprint density at radius 2 is 2.04 bits per heavy atom. The van der Waals surface area contributed by atoms with Crippen LogP contribution in [0.1, 0.15) is 18.4 Å². The lowest BCUT2D eigenvalue weighted by Crippen LogP contribution is -2.45. The number of halogens is 1. The molecule has 1 amide bonds. The summed E-state index contributed by atoms with van der Waals surface area (Å²) >= 11 is 5.85. The molecule has 8 heteroatoms. The van der Waals surface area contributed by atoms with Crippen LogP contribution < -0.4 is 5.32 Å². The van der Waals surface area contributed by atoms with Crippen LogP contribution in [0.25, 0.3) is 0 Å². The zero-order chi connectivity index (χ0) is 18.6. The molecule has 1 aliphatic heterocycles. The van der Waals surface area contributed by atoms with Gasteiger partial charge >= 0.3 is 0 Å². The van der Waals surface area contributed by atoms with Gasteiger partial charge in [0.05, 0.1) is 5.92 Å². The number of hydrogen-bond donors (Lipinski definition) is 1. The van der Waals surface area contributed by atoms with Crippen molar-refractivity contribution < 1.29 is 13.2 Å². The van der Waals surface area contributed by atoms with Gasteiger partial charge in [0.2, 0.25) is 15.9 Å². The molecule has 2 aromatic rings. The van der Waals surface area contributed by atoms with E-state index in [2.05, 4.69) is 10.3 Å². The highest BCUT2D eigenvalue weighted by molar-refractivity contribution is 7.89. The lowest BCUT2D eigenvalue weighted by Gasteiger charge is -2.31. The number of benzene rings is 1. The third-order valence-electron chi connectivity index (χ3n) is 4.41. The fraction of sp³-hybridized carbons (Fsp3) is 0.333. The molecule has 1 unspecified atom stereocenters. The fourth-order valence-electron chi connectivity index (χ4n) is 2.96. The van der Waals surface area contributed by atoms with Crippen molar-refractivity contribution >= 4 is 27.5 Å². The van der Waals surface area contributed by atoms with Crippen LogP contribution in [-0.2, 0) is 21.4 Å². The van der Waals surface area contributed by atoms with Crippen LogP contribution in [0.2, 0.25) is 5.02 Å². The molecule has 1 N–H and O–H groups in total. The molecule has 6 nitrogen and oxygen atoms in total. The van der Waals surface area contributed by atoms with Crippen LogP contribution in [-0.4, -0.2) is 36.7 Å². The minimum Gasteiger partial charge on any atom is -0.352 e. The van der Waals surface area contributed by atoms with Gasteiger partial charge in [0.25, 0.3) is 0 Å². The molecule has 1 atom stereocenters. The van der Waals surface area contributed by atoms with Crippen molar-refractivity contribution in [3.8, 4) is 0 Å². The van der Waals surface area contributed by atoms with E-state index in [0.717, 1.165) is 5.56 Å². The third kappa shape index (κ3) is 4.41. The van der Waals surface area contributed by atoms with E-state index in [1.54, 1.807) is 18.2 Å². The molecule has 3 rings (SSSR count). The number of pyridine rings is 1. The molecular weight excluding hydrogens is 374 g/mol. The number of rotatable bonds is 5. The Balaban J connectivity index is 1.62. The summed E-state index contributed by atoms with van der Waals surface area (Å²) in [6, 6.07) is 10.3. The molecule has 1 aromatic carbocycles. The Kier molecular flexibility index (Phi) is 5.90. The first-order valence-electron chi connectivity index (χ1n) is 8.39. The van der Waals surface area contributed by atoms with Crippen molar-refractivity contribution in [2.75, 3.05) is 13.1 Å². The molecule has 0 radical (unpaired) electrons. The van der Waals surface area contributed by atoms with Crippen molar-refractivity contribution in [2.24, 2.45) is 5.92 Å². The number of nitrogens with zero attached hydrogens (tertiary/aromatic N) is 2. The first kappa shape index (κ1) is 18.8. The summed E-state index contributed by atoms with van der Waals surface area (Å²) in [5.41, 5.74) is 0.943. The normalized spacial score (nSPS) is 18.4. The number of carbonyl (C=O) groups excluding carboxylic acids is 1. The summed E-state index contributed by atoms with van der Waals surface area (Å²) < 4.78 is 26.8. The molecule has 0 bridgehead atoms. The molecule has 1 fully saturated rings. The van der Waals surface area contributed by atoms with Gasteiger partial charge in [-0.25, -0.2) is 8.42 Å². The Bertz CT molecular complexity index is 857. The number of carbonyl (C=O) groups is 1. The first-order chi connectivity index (χ1) is 12.5. The van der Waals surface area contributed by atoms with E-state index >= 15 is 0 Å². The monoisotopic (exact) mass is 393 g/mol. The zero-order valence-corrected chi connectivity index (χ0v) is 15.7. The van der Waals surface area contributed by atoms with Crippen LogP contribution in [0.5, 0.6) is 0 Å². The second kappa shape index (κ2) is 8.16. The lowest BCUT2D eigenvalue weighted by molar-refractivity contribution is -0.126. The van der Waals surface area contributed by atoms with E-state index in [9.17, 15) is 13.2 Å². The molecule has 1 aliphatic rings. The largest absolute Gasteiger partial charge is 0.352 e. The molecule has 0 spiro atoms. The molecule has 138 valence electrons. The van der Waals surface area contributed by atoms with E-state index in [1.807, 2.05) is 12.1 Å². The van der Waals surface area contributed by atoms with Crippen molar-refractivity contribution in [3.63, 3.8) is 0 Å². The highest BCUT2D eigenvalue weighted by Crippen LogP contribution is 2.23. The van der Waals surface area contributed by atoms with Crippen LogP contribution in [0.4, 0.5) is 0 Å². The minimum atomic E-state index is -3.62. The molecule has 1 aromatic heterocycles. The van der Waals surface area contributed by atoms with Gasteiger partial charge in [0.1, 0.15) is 4.90 Å². The second-order valence-corrected chi connectivity index (χ2v) is 8.61. The summed E-state index contributed by atoms with van der Waals surface area (Å²) in [5, 5.41) is 3.53. The predicted molar refractivity (Wildman–Crippen MR) is 99.0 cm³/mol. The number of aromatic nitrogens is 1. The summed E-state index contributed by atoms with van der Waals surface area (Å²) in [7, 11) is -3.62. The van der Waals surface area contributed by atoms with Gasteiger partial charge in [-0.15, -0.1) is 0 Å². The van der Waals surface area contributed by atoms with E-state index in [0.29, 0.717) is 31.0 Å². The molecule has 1 saturated heterocycles. The first-order valence-corrected chi connectivity index (χ1v) is 10.2. The zero-order valence-electron chi connectivity index (χ0n) is 14.1. The number of hydrogen-bond acceptors (Lipinski definition) is 4. The van der Waals surface area contributed by atoms with Crippen LogP contribution in [0, 0.1) is 5.92 Å². The Hall–Kier alpha value is -1.96. The van der Waals surface area contributed by atoms with Crippen molar-refractivity contribution in [3.05, 3.63) is 59.4 Å². The molecule has 26 heavy (non-hydrogen) atoms. The van der Waals surface area contributed by atoms with Gasteiger partial charge < -0.3 is 5.32 Å². The van der Waals surface area contributed by atoms with E-state index in [-0.39, 0.29) is 23.3 Å². The maximum absolute atomic E-state index is 12.7. The maximum atomic E-state index is 12.7. The van der Waals surface area contributed by atoms with Crippen molar-refractivity contribution in [2.45, 2.75) is 24.3 Å². The highest BCUT2D eigenvalue weighted by Gasteiger charge is 2.33. The van der Waals surface area contributed by atoms with Crippen molar-refractivity contribution in [1.82, 2.24) is 14.6 Å². The molecule has 2 heterocycles.